The molecule has 5 nitrogen and oxygen atoms in total. The zero-order chi connectivity index (χ0) is 19.0. The van der Waals surface area contributed by atoms with E-state index in [1.807, 2.05) is 36.3 Å². The zero-order valence-electron chi connectivity index (χ0n) is 15.8. The molecule has 2 amide bonds. The molecule has 2 aromatic rings. The fourth-order valence-corrected chi connectivity index (χ4v) is 4.68. The van der Waals surface area contributed by atoms with Crippen LogP contribution in [0.2, 0.25) is 0 Å². The van der Waals surface area contributed by atoms with Crippen molar-refractivity contribution in [2.24, 2.45) is 11.8 Å². The number of rotatable bonds is 4. The maximum Gasteiger partial charge on any atom is 0.229 e. The number of aromatic nitrogens is 1. The van der Waals surface area contributed by atoms with Crippen LogP contribution >= 0.6 is 11.3 Å². The molecule has 0 bridgehead atoms. The largest absolute Gasteiger partial charge is 0.312 e. The number of hydrogen-bond donors (Lipinski definition) is 1. The molecule has 0 spiro atoms. The predicted molar refractivity (Wildman–Crippen MR) is 109 cm³/mol. The normalized spacial score (nSPS) is 16.8. The smallest absolute Gasteiger partial charge is 0.229 e. The Morgan fingerprint density at radius 3 is 2.78 bits per heavy atom. The van der Waals surface area contributed by atoms with Crippen molar-refractivity contribution in [2.75, 3.05) is 16.8 Å². The first-order valence-corrected chi connectivity index (χ1v) is 10.6. The number of anilines is 2. The van der Waals surface area contributed by atoms with Gasteiger partial charge in [-0.15, -0.1) is 11.3 Å². The molecule has 0 atom stereocenters. The summed E-state index contributed by atoms with van der Waals surface area (Å²) >= 11 is 1.47. The highest BCUT2D eigenvalue weighted by Gasteiger charge is 2.27. The molecule has 0 saturated heterocycles. The van der Waals surface area contributed by atoms with Crippen molar-refractivity contribution in [2.45, 2.75) is 46.0 Å². The van der Waals surface area contributed by atoms with Crippen LogP contribution in [0.4, 0.5) is 10.8 Å². The van der Waals surface area contributed by atoms with Crippen molar-refractivity contribution < 1.29 is 9.59 Å². The Labute approximate surface area is 163 Å². The third kappa shape index (κ3) is 3.63. The third-order valence-electron chi connectivity index (χ3n) is 5.49. The summed E-state index contributed by atoms with van der Waals surface area (Å²) < 4.78 is 0. The molecule has 1 aromatic carbocycles. The maximum absolute atomic E-state index is 12.4. The number of benzene rings is 1. The first-order valence-electron chi connectivity index (χ1n) is 9.74. The second-order valence-electron chi connectivity index (χ2n) is 7.75. The van der Waals surface area contributed by atoms with Crippen molar-refractivity contribution in [3.05, 3.63) is 29.1 Å². The number of amides is 2. The van der Waals surface area contributed by atoms with Crippen molar-refractivity contribution in [3.63, 3.8) is 0 Å². The summed E-state index contributed by atoms with van der Waals surface area (Å²) in [5.41, 5.74) is 4.11. The molecular formula is C21H25N3O2S. The minimum Gasteiger partial charge on any atom is -0.312 e. The third-order valence-corrected chi connectivity index (χ3v) is 6.25. The number of fused-ring (bicyclic) bond motifs is 1. The van der Waals surface area contributed by atoms with E-state index in [-0.39, 0.29) is 23.7 Å². The van der Waals surface area contributed by atoms with Crippen LogP contribution in [-0.2, 0) is 16.0 Å². The average Bonchev–Trinajstić information content (AvgIpc) is 3.40. The molecule has 6 heteroatoms. The lowest BCUT2D eigenvalue weighted by atomic mass is 10.1. The van der Waals surface area contributed by atoms with Gasteiger partial charge in [0, 0.05) is 35.0 Å². The SMILES string of the molecule is CC(C)C(=O)N1CCc2cc(-c3csc(NC(=O)C4CCCC4)n3)ccc21. The molecule has 27 heavy (non-hydrogen) atoms. The van der Waals surface area contributed by atoms with Gasteiger partial charge in [0.2, 0.25) is 11.8 Å². The van der Waals surface area contributed by atoms with Gasteiger partial charge >= 0.3 is 0 Å². The van der Waals surface area contributed by atoms with Crippen molar-refractivity contribution in [1.82, 2.24) is 4.98 Å². The van der Waals surface area contributed by atoms with Gasteiger partial charge in [-0.2, -0.15) is 0 Å². The Kier molecular flexibility index (Phi) is 5.00. The summed E-state index contributed by atoms with van der Waals surface area (Å²) in [6.45, 7) is 4.62. The average molecular weight is 384 g/mol. The molecule has 1 aromatic heterocycles. The molecule has 1 fully saturated rings. The van der Waals surface area contributed by atoms with E-state index in [0.29, 0.717) is 5.13 Å². The van der Waals surface area contributed by atoms with E-state index in [1.54, 1.807) is 0 Å². The zero-order valence-corrected chi connectivity index (χ0v) is 16.6. The van der Waals surface area contributed by atoms with Crippen LogP contribution in [0, 0.1) is 11.8 Å². The van der Waals surface area contributed by atoms with Crippen LogP contribution in [0.5, 0.6) is 0 Å². The van der Waals surface area contributed by atoms with Gasteiger partial charge in [-0.3, -0.25) is 9.59 Å². The summed E-state index contributed by atoms with van der Waals surface area (Å²) in [5, 5.41) is 5.63. The van der Waals surface area contributed by atoms with E-state index in [9.17, 15) is 9.59 Å². The van der Waals surface area contributed by atoms with Crippen LogP contribution in [-0.4, -0.2) is 23.3 Å². The van der Waals surface area contributed by atoms with Crippen molar-refractivity contribution in [3.8, 4) is 11.3 Å². The predicted octanol–water partition coefficient (Wildman–Crippen LogP) is 4.48. The van der Waals surface area contributed by atoms with Crippen LogP contribution < -0.4 is 10.2 Å². The molecule has 1 saturated carbocycles. The molecule has 2 aliphatic rings. The van der Waals surface area contributed by atoms with E-state index in [2.05, 4.69) is 16.4 Å². The monoisotopic (exact) mass is 383 g/mol. The van der Waals surface area contributed by atoms with Gasteiger partial charge in [-0.1, -0.05) is 32.8 Å². The highest BCUT2D eigenvalue weighted by Crippen LogP contribution is 2.34. The quantitative estimate of drug-likeness (QED) is 0.846. The minimum absolute atomic E-state index is 0.000189. The summed E-state index contributed by atoms with van der Waals surface area (Å²) in [5.74, 6) is 0.416. The number of nitrogens with one attached hydrogen (secondary N) is 1. The Morgan fingerprint density at radius 1 is 1.26 bits per heavy atom. The molecule has 0 radical (unpaired) electrons. The second kappa shape index (κ2) is 7.43. The van der Waals surface area contributed by atoms with E-state index >= 15 is 0 Å². The minimum atomic E-state index is 0.000189. The number of carbonyl (C=O) groups excluding carboxylic acids is 2. The van der Waals surface area contributed by atoms with E-state index in [0.717, 1.165) is 55.6 Å². The summed E-state index contributed by atoms with van der Waals surface area (Å²) in [6, 6.07) is 6.16. The maximum atomic E-state index is 12.4. The first-order chi connectivity index (χ1) is 13.0. The van der Waals surface area contributed by atoms with E-state index in [4.69, 9.17) is 0 Å². The van der Waals surface area contributed by atoms with Gasteiger partial charge in [0.25, 0.3) is 0 Å². The molecule has 1 N–H and O–H groups in total. The highest BCUT2D eigenvalue weighted by atomic mass is 32.1. The van der Waals surface area contributed by atoms with Crippen molar-refractivity contribution in [1.29, 1.82) is 0 Å². The van der Waals surface area contributed by atoms with Gasteiger partial charge in [0.15, 0.2) is 5.13 Å². The van der Waals surface area contributed by atoms with Gasteiger partial charge < -0.3 is 10.2 Å². The van der Waals surface area contributed by atoms with Crippen molar-refractivity contribution >= 4 is 34.0 Å². The number of carbonyl (C=O) groups is 2. The molecule has 1 aliphatic carbocycles. The number of thiazole rings is 1. The standard InChI is InChI=1S/C21H25N3O2S/c1-13(2)20(26)24-10-9-16-11-15(7-8-18(16)24)17-12-27-21(22-17)23-19(25)14-5-3-4-6-14/h7-8,11-14H,3-6,9-10H2,1-2H3,(H,22,23,25). The lowest BCUT2D eigenvalue weighted by molar-refractivity contribution is -0.121. The number of hydrogen-bond acceptors (Lipinski definition) is 4. The molecular weight excluding hydrogens is 358 g/mol. The van der Waals surface area contributed by atoms with Gasteiger partial charge in [0.05, 0.1) is 5.69 Å². The van der Waals surface area contributed by atoms with Gasteiger partial charge in [-0.05, 0) is 37.0 Å². The van der Waals surface area contributed by atoms with Gasteiger partial charge in [0.1, 0.15) is 0 Å². The van der Waals surface area contributed by atoms with Crippen LogP contribution in [0.3, 0.4) is 0 Å². The van der Waals surface area contributed by atoms with Crippen LogP contribution in [0.15, 0.2) is 23.6 Å². The summed E-state index contributed by atoms with van der Waals surface area (Å²) in [7, 11) is 0. The van der Waals surface area contributed by atoms with E-state index in [1.165, 1.54) is 16.9 Å². The topological polar surface area (TPSA) is 62.3 Å². The Morgan fingerprint density at radius 2 is 2.04 bits per heavy atom. The highest BCUT2D eigenvalue weighted by molar-refractivity contribution is 7.14. The summed E-state index contributed by atoms with van der Waals surface area (Å²) in [6.07, 6.45) is 5.14. The van der Waals surface area contributed by atoms with Crippen LogP contribution in [0.1, 0.15) is 45.1 Å². The summed E-state index contributed by atoms with van der Waals surface area (Å²) in [4.78, 5) is 31.1. The lowest BCUT2D eigenvalue weighted by Gasteiger charge is -2.19. The molecule has 0 unspecified atom stereocenters. The molecule has 1 aliphatic heterocycles. The fourth-order valence-electron chi connectivity index (χ4n) is 3.96. The van der Waals surface area contributed by atoms with E-state index < -0.39 is 0 Å². The Bertz CT molecular complexity index is 868. The second-order valence-corrected chi connectivity index (χ2v) is 8.60. The van der Waals surface area contributed by atoms with Gasteiger partial charge in [-0.25, -0.2) is 4.98 Å². The van der Waals surface area contributed by atoms with Crippen LogP contribution in [0.25, 0.3) is 11.3 Å². The fraction of sp³-hybridized carbons (Fsp3) is 0.476. The molecule has 4 rings (SSSR count). The Balaban J connectivity index is 1.49. The number of nitrogens with zero attached hydrogens (tertiary/aromatic N) is 2. The Hall–Kier alpha value is -2.21. The molecule has 2 heterocycles. The lowest BCUT2D eigenvalue weighted by Crippen LogP contribution is -2.32. The first kappa shape index (κ1) is 18.2. The molecule has 142 valence electrons.